The topological polar surface area (TPSA) is 132 Å². The van der Waals surface area contributed by atoms with Gasteiger partial charge in [0.05, 0.1) is 11.6 Å². The Hall–Kier alpha value is -3.74. The minimum absolute atomic E-state index is 0.0624. The summed E-state index contributed by atoms with van der Waals surface area (Å²) in [6.07, 6.45) is 3.86. The van der Waals surface area contributed by atoms with Crippen LogP contribution < -0.4 is 10.2 Å². The molecular formula is C28H26ClN5O4. The molecule has 1 aromatic carbocycles. The van der Waals surface area contributed by atoms with Crippen molar-refractivity contribution in [3.63, 3.8) is 0 Å². The molecule has 6 rings (SSSR count). The molecule has 3 atom stereocenters. The van der Waals surface area contributed by atoms with Crippen molar-refractivity contribution in [3.8, 4) is 6.07 Å². The van der Waals surface area contributed by atoms with Crippen molar-refractivity contribution >= 4 is 29.2 Å². The predicted octanol–water partition coefficient (Wildman–Crippen LogP) is 3.82. The largest absolute Gasteiger partial charge is 0.377 e. The lowest BCUT2D eigenvalue weighted by Gasteiger charge is -2.36. The first-order valence-corrected chi connectivity index (χ1v) is 13.0. The maximum Gasteiger partial charge on any atom is 0.273 e. The molecule has 9 nitrogen and oxygen atoms in total. The second kappa shape index (κ2) is 8.93. The fourth-order valence-electron chi connectivity index (χ4n) is 5.56. The van der Waals surface area contributed by atoms with Gasteiger partial charge in [-0.15, -0.1) is 0 Å². The average molecular weight is 532 g/mol. The van der Waals surface area contributed by atoms with E-state index in [0.29, 0.717) is 47.3 Å². The first kappa shape index (κ1) is 24.6. The Morgan fingerprint density at radius 2 is 2.08 bits per heavy atom. The van der Waals surface area contributed by atoms with Gasteiger partial charge in [-0.1, -0.05) is 16.8 Å². The Morgan fingerprint density at radius 3 is 2.76 bits per heavy atom. The summed E-state index contributed by atoms with van der Waals surface area (Å²) in [5.41, 5.74) is 1.21. The Balaban J connectivity index is 1.11. The van der Waals surface area contributed by atoms with E-state index in [1.807, 2.05) is 13.0 Å². The average Bonchev–Trinajstić information content (AvgIpc) is 3.31. The summed E-state index contributed by atoms with van der Waals surface area (Å²) in [4.78, 5) is 31.5. The number of fused-ring (bicyclic) bond motifs is 1. The zero-order valence-electron chi connectivity index (χ0n) is 20.9. The predicted molar refractivity (Wildman–Crippen MR) is 137 cm³/mol. The van der Waals surface area contributed by atoms with E-state index in [-0.39, 0.29) is 35.2 Å². The molecule has 1 saturated heterocycles. The Kier molecular flexibility index (Phi) is 5.78. The smallest absolute Gasteiger partial charge is 0.273 e. The normalized spacial score (nSPS) is 25.2. The number of nitrogens with zero attached hydrogens (tertiary/aromatic N) is 4. The molecule has 3 fully saturated rings. The van der Waals surface area contributed by atoms with Gasteiger partial charge in [0.1, 0.15) is 11.4 Å². The van der Waals surface area contributed by atoms with Crippen LogP contribution in [0.5, 0.6) is 0 Å². The first-order valence-electron chi connectivity index (χ1n) is 12.6. The summed E-state index contributed by atoms with van der Waals surface area (Å²) in [6, 6.07) is 10.5. The molecule has 0 unspecified atom stereocenters. The van der Waals surface area contributed by atoms with Crippen molar-refractivity contribution in [3.05, 3.63) is 75.3 Å². The quantitative estimate of drug-likeness (QED) is 0.494. The van der Waals surface area contributed by atoms with Gasteiger partial charge in [0.25, 0.3) is 5.91 Å². The Labute approximate surface area is 224 Å². The fraction of sp³-hybridized carbons (Fsp3) is 0.393. The molecule has 3 heterocycles. The number of aliphatic hydroxyl groups is 1. The van der Waals surface area contributed by atoms with E-state index in [4.69, 9.17) is 16.1 Å². The van der Waals surface area contributed by atoms with Crippen LogP contribution in [0.3, 0.4) is 0 Å². The molecule has 1 aliphatic heterocycles. The molecule has 0 spiro atoms. The molecule has 3 aromatic rings. The van der Waals surface area contributed by atoms with E-state index in [1.165, 1.54) is 12.3 Å². The molecule has 0 radical (unpaired) electrons. The zero-order chi connectivity index (χ0) is 26.8. The van der Waals surface area contributed by atoms with E-state index in [1.54, 1.807) is 30.0 Å². The number of carbonyl (C=O) groups is 2. The number of nitrogens with one attached hydrogen (secondary N) is 1. The molecule has 2 aromatic heterocycles. The highest BCUT2D eigenvalue weighted by atomic mass is 35.5. The molecule has 10 heteroatoms. The van der Waals surface area contributed by atoms with Crippen LogP contribution in [0, 0.1) is 30.1 Å². The third kappa shape index (κ3) is 4.14. The number of pyridine rings is 1. The van der Waals surface area contributed by atoms with Crippen molar-refractivity contribution in [1.29, 1.82) is 5.26 Å². The second-order valence-corrected chi connectivity index (χ2v) is 11.2. The first-order chi connectivity index (χ1) is 18.2. The molecule has 3 aliphatic rings. The summed E-state index contributed by atoms with van der Waals surface area (Å²) in [5.74, 6) is 1.14. The molecule has 194 valence electrons. The van der Waals surface area contributed by atoms with Crippen molar-refractivity contribution < 1.29 is 19.2 Å². The van der Waals surface area contributed by atoms with Crippen LogP contribution in [0.4, 0.5) is 5.82 Å². The van der Waals surface area contributed by atoms with Gasteiger partial charge < -0.3 is 14.9 Å². The van der Waals surface area contributed by atoms with Crippen molar-refractivity contribution in [2.45, 2.75) is 50.7 Å². The number of amides is 2. The molecule has 38 heavy (non-hydrogen) atoms. The SMILES string of the molecule is Cc1cc([C@@](C)(O)c2cc(C(=O)N[C@H]3C[C@@H](c4cc(Cl)ccc4C#N)C3)no2)cnc1N1C[C@H]2C[C@H]2C1=O. The van der Waals surface area contributed by atoms with Crippen molar-refractivity contribution in [1.82, 2.24) is 15.5 Å². The summed E-state index contributed by atoms with van der Waals surface area (Å²) in [7, 11) is 0. The van der Waals surface area contributed by atoms with Crippen LogP contribution in [-0.4, -0.2) is 39.6 Å². The number of rotatable bonds is 6. The van der Waals surface area contributed by atoms with Crippen LogP contribution >= 0.6 is 11.6 Å². The number of hydrogen-bond donors (Lipinski definition) is 2. The molecule has 2 N–H and O–H groups in total. The highest BCUT2D eigenvalue weighted by Gasteiger charge is 2.53. The second-order valence-electron chi connectivity index (χ2n) is 10.7. The van der Waals surface area contributed by atoms with Gasteiger partial charge in [0, 0.05) is 41.4 Å². The number of nitriles is 1. The highest BCUT2D eigenvalue weighted by molar-refractivity contribution is 6.30. The van der Waals surface area contributed by atoms with Crippen LogP contribution in [-0.2, 0) is 10.4 Å². The maximum absolute atomic E-state index is 12.8. The van der Waals surface area contributed by atoms with Crippen LogP contribution in [0.1, 0.15) is 70.6 Å². The lowest BCUT2D eigenvalue weighted by atomic mass is 9.74. The molecular weight excluding hydrogens is 506 g/mol. The van der Waals surface area contributed by atoms with Crippen LogP contribution in [0.25, 0.3) is 0 Å². The third-order valence-electron chi connectivity index (χ3n) is 8.06. The number of anilines is 1. The van der Waals surface area contributed by atoms with E-state index >= 15 is 0 Å². The number of benzene rings is 1. The van der Waals surface area contributed by atoms with E-state index < -0.39 is 11.5 Å². The van der Waals surface area contributed by atoms with Gasteiger partial charge in [-0.05, 0) is 80.3 Å². The lowest BCUT2D eigenvalue weighted by Crippen LogP contribution is -2.43. The molecule has 2 amide bonds. The molecule has 2 aliphatic carbocycles. The van der Waals surface area contributed by atoms with E-state index in [2.05, 4.69) is 21.5 Å². The number of aromatic nitrogens is 2. The van der Waals surface area contributed by atoms with E-state index in [9.17, 15) is 20.0 Å². The summed E-state index contributed by atoms with van der Waals surface area (Å²) >= 11 is 6.10. The number of hydrogen-bond acceptors (Lipinski definition) is 7. The molecule has 0 bridgehead atoms. The number of piperidine rings is 1. The summed E-state index contributed by atoms with van der Waals surface area (Å²) < 4.78 is 5.38. The third-order valence-corrected chi connectivity index (χ3v) is 8.30. The van der Waals surface area contributed by atoms with Gasteiger partial charge in [0.2, 0.25) is 5.91 Å². The maximum atomic E-state index is 12.8. The summed E-state index contributed by atoms with van der Waals surface area (Å²) in [5, 5.41) is 28.0. The van der Waals surface area contributed by atoms with Gasteiger partial charge >= 0.3 is 0 Å². The van der Waals surface area contributed by atoms with Crippen LogP contribution in [0.2, 0.25) is 5.02 Å². The summed E-state index contributed by atoms with van der Waals surface area (Å²) in [6.45, 7) is 4.09. The van der Waals surface area contributed by atoms with Gasteiger partial charge in [-0.25, -0.2) is 4.98 Å². The van der Waals surface area contributed by atoms with Gasteiger partial charge in [0.15, 0.2) is 11.5 Å². The lowest BCUT2D eigenvalue weighted by molar-refractivity contribution is -0.118. The number of halogens is 1. The van der Waals surface area contributed by atoms with Crippen molar-refractivity contribution in [2.24, 2.45) is 11.8 Å². The number of carbonyl (C=O) groups excluding carboxylic acids is 2. The van der Waals surface area contributed by atoms with Gasteiger partial charge in [-0.3, -0.25) is 14.5 Å². The Bertz CT molecular complexity index is 1500. The molecule has 2 saturated carbocycles. The standard InChI is InChI=1S/C28H26ClN5O4/c1-14-5-18(12-31-25(14)34-13-17-8-22(17)27(34)36)28(2,37)24-10-23(33-38-24)26(35)32-20-6-16(7-20)21-9-19(29)4-3-15(21)11-30/h3-5,9-10,12,16-17,20,22,37H,6-8,13H2,1-2H3,(H,32,35)/t16-,17-,20+,22-,28-/m1/s1. The highest BCUT2D eigenvalue weighted by Crippen LogP contribution is 2.47. The minimum Gasteiger partial charge on any atom is -0.377 e. The fourth-order valence-corrected chi connectivity index (χ4v) is 5.74. The monoisotopic (exact) mass is 531 g/mol. The van der Waals surface area contributed by atoms with E-state index in [0.717, 1.165) is 17.5 Å². The minimum atomic E-state index is -1.58. The Morgan fingerprint density at radius 1 is 1.29 bits per heavy atom. The zero-order valence-corrected chi connectivity index (χ0v) is 21.7. The van der Waals surface area contributed by atoms with Crippen LogP contribution in [0.15, 0.2) is 41.1 Å². The van der Waals surface area contributed by atoms with Crippen molar-refractivity contribution in [2.75, 3.05) is 11.4 Å². The number of aryl methyl sites for hydroxylation is 1. The van der Waals surface area contributed by atoms with Gasteiger partial charge in [-0.2, -0.15) is 5.26 Å².